The Bertz CT molecular complexity index is 927. The van der Waals surface area contributed by atoms with Gasteiger partial charge in [-0.15, -0.1) is 0 Å². The molecule has 1 aliphatic heterocycles. The van der Waals surface area contributed by atoms with Gasteiger partial charge in [0.25, 0.3) is 0 Å². The molecule has 0 bridgehead atoms. The van der Waals surface area contributed by atoms with Gasteiger partial charge in [0.05, 0.1) is 5.69 Å². The summed E-state index contributed by atoms with van der Waals surface area (Å²) < 4.78 is 6.89. The molecule has 24 heavy (non-hydrogen) atoms. The Morgan fingerprint density at radius 2 is 1.79 bits per heavy atom. The number of esters is 1. The van der Waals surface area contributed by atoms with Crippen molar-refractivity contribution >= 4 is 17.9 Å². The molecule has 0 unspecified atom stereocenters. The molecule has 0 aliphatic carbocycles. The van der Waals surface area contributed by atoms with Crippen LogP contribution in [0.2, 0.25) is 0 Å². The molecule has 0 saturated carbocycles. The predicted molar refractivity (Wildman–Crippen MR) is 88.4 cm³/mol. The van der Waals surface area contributed by atoms with E-state index >= 15 is 0 Å². The minimum absolute atomic E-state index is 0.280. The summed E-state index contributed by atoms with van der Waals surface area (Å²) in [5.41, 5.74) is 2.79. The zero-order valence-corrected chi connectivity index (χ0v) is 12.5. The van der Waals surface area contributed by atoms with E-state index in [0.29, 0.717) is 5.90 Å². The van der Waals surface area contributed by atoms with Gasteiger partial charge >= 0.3 is 5.97 Å². The van der Waals surface area contributed by atoms with Crippen molar-refractivity contribution in [2.24, 2.45) is 4.99 Å². The molecular weight excluding hydrogens is 304 g/mol. The number of carbonyl (C=O) groups excluding carboxylic acids is 1. The summed E-state index contributed by atoms with van der Waals surface area (Å²) in [5, 5.41) is 4.07. The highest BCUT2D eigenvalue weighted by Crippen LogP contribution is 2.19. The largest absolute Gasteiger partial charge is 0.402 e. The lowest BCUT2D eigenvalue weighted by Gasteiger charge is -2.00. The smallest absolute Gasteiger partial charge is 0.363 e. The Hall–Kier alpha value is -3.54. The molecule has 0 atom stereocenters. The third-order valence-electron chi connectivity index (χ3n) is 3.52. The second-order valence-corrected chi connectivity index (χ2v) is 5.13. The third kappa shape index (κ3) is 2.72. The number of aliphatic imine (C=N–C) groups is 1. The number of cyclic esters (lactones) is 1. The maximum atomic E-state index is 12.0. The van der Waals surface area contributed by atoms with Gasteiger partial charge in [-0.05, 0) is 35.9 Å². The quantitative estimate of drug-likeness (QED) is 0.550. The van der Waals surface area contributed by atoms with Gasteiger partial charge in [0, 0.05) is 5.56 Å². The van der Waals surface area contributed by atoms with Crippen LogP contribution < -0.4 is 0 Å². The number of carbonyl (C=O) groups is 1. The lowest BCUT2D eigenvalue weighted by Crippen LogP contribution is -2.04. The molecule has 2 aromatic carbocycles. The molecule has 1 aliphatic rings. The van der Waals surface area contributed by atoms with Crippen LogP contribution in [0, 0.1) is 0 Å². The number of aromatic nitrogens is 3. The van der Waals surface area contributed by atoms with E-state index in [1.807, 2.05) is 54.6 Å². The Balaban J connectivity index is 1.61. The van der Waals surface area contributed by atoms with Gasteiger partial charge in [-0.25, -0.2) is 19.5 Å². The summed E-state index contributed by atoms with van der Waals surface area (Å²) in [4.78, 5) is 20.2. The summed E-state index contributed by atoms with van der Waals surface area (Å²) in [7, 11) is 0. The average Bonchev–Trinajstić information content (AvgIpc) is 3.27. The Morgan fingerprint density at radius 3 is 2.50 bits per heavy atom. The third-order valence-corrected chi connectivity index (χ3v) is 3.52. The van der Waals surface area contributed by atoms with Crippen LogP contribution in [0.5, 0.6) is 0 Å². The Kier molecular flexibility index (Phi) is 3.47. The van der Waals surface area contributed by atoms with E-state index in [1.165, 1.54) is 6.33 Å². The highest BCUT2D eigenvalue weighted by atomic mass is 16.6. The van der Waals surface area contributed by atoms with Crippen LogP contribution >= 0.6 is 0 Å². The molecule has 3 aromatic rings. The molecule has 0 amide bonds. The van der Waals surface area contributed by atoms with Crippen LogP contribution in [0.25, 0.3) is 11.8 Å². The van der Waals surface area contributed by atoms with Crippen molar-refractivity contribution in [2.75, 3.05) is 0 Å². The first-order valence-electron chi connectivity index (χ1n) is 7.33. The van der Waals surface area contributed by atoms with Gasteiger partial charge < -0.3 is 4.74 Å². The molecule has 1 aromatic heterocycles. The molecule has 0 radical (unpaired) electrons. The minimum Gasteiger partial charge on any atom is -0.402 e. The van der Waals surface area contributed by atoms with Gasteiger partial charge in [-0.3, -0.25) is 0 Å². The summed E-state index contributed by atoms with van der Waals surface area (Å²) in [6, 6.07) is 16.9. The molecule has 6 heteroatoms. The SMILES string of the molecule is O=C1OC(c2ccccc2)=N/C1=C\c1ccc(-n2cncn2)cc1. The number of benzene rings is 2. The average molecular weight is 316 g/mol. The van der Waals surface area contributed by atoms with E-state index in [1.54, 1.807) is 17.1 Å². The minimum atomic E-state index is -0.450. The van der Waals surface area contributed by atoms with Gasteiger partial charge in [-0.2, -0.15) is 5.10 Å². The number of nitrogens with zero attached hydrogens (tertiary/aromatic N) is 4. The Labute approximate surface area is 137 Å². The first kappa shape index (κ1) is 14.1. The fourth-order valence-corrected chi connectivity index (χ4v) is 2.34. The number of rotatable bonds is 3. The maximum absolute atomic E-state index is 12.0. The van der Waals surface area contributed by atoms with Crippen LogP contribution in [0.1, 0.15) is 11.1 Å². The van der Waals surface area contributed by atoms with E-state index < -0.39 is 5.97 Å². The highest BCUT2D eigenvalue weighted by molar-refractivity contribution is 6.12. The van der Waals surface area contributed by atoms with Gasteiger partial charge in [0.15, 0.2) is 5.70 Å². The summed E-state index contributed by atoms with van der Waals surface area (Å²) in [6.07, 6.45) is 4.80. The van der Waals surface area contributed by atoms with Crippen molar-refractivity contribution in [3.63, 3.8) is 0 Å². The molecule has 0 spiro atoms. The fourth-order valence-electron chi connectivity index (χ4n) is 2.34. The molecule has 0 fully saturated rings. The lowest BCUT2D eigenvalue weighted by molar-refractivity contribution is -0.129. The normalized spacial score (nSPS) is 15.4. The van der Waals surface area contributed by atoms with Crippen LogP contribution in [0.4, 0.5) is 0 Å². The van der Waals surface area contributed by atoms with Crippen molar-refractivity contribution in [1.82, 2.24) is 14.8 Å². The summed E-state index contributed by atoms with van der Waals surface area (Å²) in [6.45, 7) is 0. The van der Waals surface area contributed by atoms with Crippen molar-refractivity contribution in [2.45, 2.75) is 0 Å². The number of hydrogen-bond acceptors (Lipinski definition) is 5. The predicted octanol–water partition coefficient (Wildman–Crippen LogP) is 2.61. The van der Waals surface area contributed by atoms with Gasteiger partial charge in [-0.1, -0.05) is 30.3 Å². The number of hydrogen-bond donors (Lipinski definition) is 0. The molecule has 6 nitrogen and oxygen atoms in total. The monoisotopic (exact) mass is 316 g/mol. The zero-order chi connectivity index (χ0) is 16.4. The number of ether oxygens (including phenoxy) is 1. The second kappa shape index (κ2) is 5.92. The van der Waals surface area contributed by atoms with E-state index in [9.17, 15) is 4.79 Å². The first-order valence-corrected chi connectivity index (χ1v) is 7.33. The van der Waals surface area contributed by atoms with E-state index in [-0.39, 0.29) is 5.70 Å². The van der Waals surface area contributed by atoms with Crippen LogP contribution in [0.15, 0.2) is 77.9 Å². The molecule has 2 heterocycles. The first-order chi connectivity index (χ1) is 11.8. The zero-order valence-electron chi connectivity index (χ0n) is 12.5. The van der Waals surface area contributed by atoms with Crippen molar-refractivity contribution < 1.29 is 9.53 Å². The van der Waals surface area contributed by atoms with Gasteiger partial charge in [0.1, 0.15) is 12.7 Å². The summed E-state index contributed by atoms with van der Waals surface area (Å²) in [5.74, 6) is -0.125. The van der Waals surface area contributed by atoms with E-state index in [2.05, 4.69) is 15.1 Å². The van der Waals surface area contributed by atoms with Crippen molar-refractivity contribution in [1.29, 1.82) is 0 Å². The standard InChI is InChI=1S/C18H12N4O2/c23-18-16(21-17(24-18)14-4-2-1-3-5-14)10-13-6-8-15(9-7-13)22-12-19-11-20-22/h1-12H/b16-10-. The van der Waals surface area contributed by atoms with Crippen molar-refractivity contribution in [3.05, 3.63) is 84.1 Å². The maximum Gasteiger partial charge on any atom is 0.363 e. The molecule has 0 N–H and O–H groups in total. The van der Waals surface area contributed by atoms with E-state index in [4.69, 9.17) is 4.74 Å². The lowest BCUT2D eigenvalue weighted by atomic mass is 10.2. The molecular formula is C18H12N4O2. The summed E-state index contributed by atoms with van der Waals surface area (Å²) >= 11 is 0. The van der Waals surface area contributed by atoms with Crippen LogP contribution in [0.3, 0.4) is 0 Å². The van der Waals surface area contributed by atoms with Crippen LogP contribution in [-0.4, -0.2) is 26.6 Å². The van der Waals surface area contributed by atoms with E-state index in [0.717, 1.165) is 16.8 Å². The molecule has 0 saturated heterocycles. The molecule has 4 rings (SSSR count). The van der Waals surface area contributed by atoms with Gasteiger partial charge in [0.2, 0.25) is 5.90 Å². The topological polar surface area (TPSA) is 69.4 Å². The fraction of sp³-hybridized carbons (Fsp3) is 0. The second-order valence-electron chi connectivity index (χ2n) is 5.13. The van der Waals surface area contributed by atoms with Crippen molar-refractivity contribution in [3.8, 4) is 5.69 Å². The molecule has 116 valence electrons. The Morgan fingerprint density at radius 1 is 1.00 bits per heavy atom. The highest BCUT2D eigenvalue weighted by Gasteiger charge is 2.23. The van der Waals surface area contributed by atoms with Crippen LogP contribution in [-0.2, 0) is 9.53 Å².